The number of hydrogen-bond acceptors (Lipinski definition) is 7. The lowest BCUT2D eigenvalue weighted by Gasteiger charge is -2.44. The molecule has 9 nitrogen and oxygen atoms in total. The smallest absolute Gasteiger partial charge is 0.243 e. The molecule has 0 spiro atoms. The van der Waals surface area contributed by atoms with Crippen LogP contribution in [0.3, 0.4) is 0 Å². The Morgan fingerprint density at radius 1 is 0.786 bits per heavy atom. The van der Waals surface area contributed by atoms with Gasteiger partial charge in [0.1, 0.15) is 29.0 Å². The predicted octanol–water partition coefficient (Wildman–Crippen LogP) is 2.80. The SMILES string of the molecule is CC1(C)[C@@H]([N+](=O)[O-])[C@H](c2ccc(O)cc2)N[C@H](c2ccc(O)cc2)[C@H]1[N+](=O)[O-]. The molecule has 0 bridgehead atoms. The van der Waals surface area contributed by atoms with Crippen LogP contribution in [0, 0.1) is 25.6 Å². The number of benzene rings is 2. The molecule has 1 heterocycles. The molecule has 0 aromatic heterocycles. The molecule has 0 amide bonds. The highest BCUT2D eigenvalue weighted by Crippen LogP contribution is 2.47. The fourth-order valence-corrected chi connectivity index (χ4v) is 4.12. The van der Waals surface area contributed by atoms with Crippen molar-refractivity contribution in [3.05, 3.63) is 79.9 Å². The Balaban J connectivity index is 2.14. The molecule has 0 aliphatic carbocycles. The van der Waals surface area contributed by atoms with Gasteiger partial charge in [0, 0.05) is 9.85 Å². The van der Waals surface area contributed by atoms with E-state index in [4.69, 9.17) is 0 Å². The van der Waals surface area contributed by atoms with Gasteiger partial charge in [0.05, 0.1) is 0 Å². The highest BCUT2D eigenvalue weighted by atomic mass is 16.6. The number of piperidine rings is 1. The maximum absolute atomic E-state index is 11.9. The fourth-order valence-electron chi connectivity index (χ4n) is 4.12. The maximum atomic E-state index is 11.9. The zero-order chi connectivity index (χ0) is 20.6. The van der Waals surface area contributed by atoms with Crippen LogP contribution >= 0.6 is 0 Å². The van der Waals surface area contributed by atoms with E-state index in [1.165, 1.54) is 38.1 Å². The number of rotatable bonds is 4. The molecule has 2 aromatic carbocycles. The Hall–Kier alpha value is -3.20. The van der Waals surface area contributed by atoms with E-state index in [0.29, 0.717) is 11.1 Å². The Morgan fingerprint density at radius 2 is 1.11 bits per heavy atom. The van der Waals surface area contributed by atoms with Crippen molar-refractivity contribution in [2.24, 2.45) is 5.41 Å². The molecule has 1 saturated heterocycles. The topological polar surface area (TPSA) is 139 Å². The van der Waals surface area contributed by atoms with Crippen molar-refractivity contribution < 1.29 is 20.1 Å². The summed E-state index contributed by atoms with van der Waals surface area (Å²) in [7, 11) is 0. The number of hydrogen-bond donors (Lipinski definition) is 3. The number of aromatic hydroxyl groups is 2. The van der Waals surface area contributed by atoms with Gasteiger partial charge in [-0.1, -0.05) is 24.3 Å². The summed E-state index contributed by atoms with van der Waals surface area (Å²) in [5.41, 5.74) is -0.181. The molecule has 0 unspecified atom stereocenters. The fraction of sp³-hybridized carbons (Fsp3) is 0.368. The standard InChI is InChI=1S/C19H21N3O6/c1-19(2)17(21(25)26)15(11-3-7-13(23)8-4-11)20-16(18(19)22(27)28)12-5-9-14(24)10-6-12/h3-10,15-18,20,23-24H,1-2H3/t15-,16+,17-,18+. The van der Waals surface area contributed by atoms with Gasteiger partial charge in [0.25, 0.3) is 0 Å². The maximum Gasteiger partial charge on any atom is 0.243 e. The zero-order valence-corrected chi connectivity index (χ0v) is 15.4. The van der Waals surface area contributed by atoms with Crippen molar-refractivity contribution >= 4 is 0 Å². The first-order valence-electron chi connectivity index (χ1n) is 8.74. The third kappa shape index (κ3) is 3.36. The second-order valence-electron chi connectivity index (χ2n) is 7.59. The molecular formula is C19H21N3O6. The van der Waals surface area contributed by atoms with Crippen LogP contribution in [0.2, 0.25) is 0 Å². The summed E-state index contributed by atoms with van der Waals surface area (Å²) in [6.45, 7) is 3.07. The van der Waals surface area contributed by atoms with Crippen LogP contribution in [0.15, 0.2) is 48.5 Å². The average Bonchev–Trinajstić information content (AvgIpc) is 2.60. The summed E-state index contributed by atoms with van der Waals surface area (Å²) in [6.07, 6.45) is 0. The molecule has 3 rings (SSSR count). The normalized spacial score (nSPS) is 26.5. The first-order valence-corrected chi connectivity index (χ1v) is 8.74. The van der Waals surface area contributed by atoms with E-state index in [1.54, 1.807) is 24.3 Å². The zero-order valence-electron chi connectivity index (χ0n) is 15.4. The van der Waals surface area contributed by atoms with Crippen LogP contribution in [0.5, 0.6) is 11.5 Å². The summed E-state index contributed by atoms with van der Waals surface area (Å²) in [5.74, 6) is 0.0458. The molecule has 4 atom stereocenters. The van der Waals surface area contributed by atoms with E-state index >= 15 is 0 Å². The van der Waals surface area contributed by atoms with E-state index in [0.717, 1.165) is 0 Å². The number of nitrogens with zero attached hydrogens (tertiary/aromatic N) is 2. The lowest BCUT2D eigenvalue weighted by Crippen LogP contribution is -2.63. The Morgan fingerprint density at radius 3 is 1.39 bits per heavy atom. The molecule has 1 fully saturated rings. The molecule has 148 valence electrons. The van der Waals surface area contributed by atoms with Crippen molar-refractivity contribution in [3.8, 4) is 11.5 Å². The summed E-state index contributed by atoms with van der Waals surface area (Å²) in [6, 6.07) is 7.85. The summed E-state index contributed by atoms with van der Waals surface area (Å²) < 4.78 is 0. The number of nitrogens with one attached hydrogen (secondary N) is 1. The quantitative estimate of drug-likeness (QED) is 0.541. The van der Waals surface area contributed by atoms with Crippen molar-refractivity contribution in [3.63, 3.8) is 0 Å². The molecule has 3 N–H and O–H groups in total. The first kappa shape index (κ1) is 19.6. The van der Waals surface area contributed by atoms with E-state index in [9.17, 15) is 30.4 Å². The molecular weight excluding hydrogens is 366 g/mol. The van der Waals surface area contributed by atoms with Crippen molar-refractivity contribution in [2.45, 2.75) is 38.0 Å². The minimum absolute atomic E-state index is 0.0229. The Labute approximate surface area is 160 Å². The van der Waals surface area contributed by atoms with Crippen molar-refractivity contribution in [1.82, 2.24) is 5.32 Å². The molecule has 0 radical (unpaired) electrons. The van der Waals surface area contributed by atoms with Gasteiger partial charge in [0.15, 0.2) is 0 Å². The molecule has 0 saturated carbocycles. The number of phenols is 2. The third-order valence-corrected chi connectivity index (χ3v) is 5.47. The van der Waals surface area contributed by atoms with Gasteiger partial charge >= 0.3 is 0 Å². The Bertz CT molecular complexity index is 810. The molecule has 2 aromatic rings. The van der Waals surface area contributed by atoms with E-state index in [-0.39, 0.29) is 11.5 Å². The molecule has 1 aliphatic rings. The minimum Gasteiger partial charge on any atom is -0.508 e. The van der Waals surface area contributed by atoms with Gasteiger partial charge in [-0.15, -0.1) is 0 Å². The highest BCUT2D eigenvalue weighted by Gasteiger charge is 2.62. The van der Waals surface area contributed by atoms with Crippen molar-refractivity contribution in [1.29, 1.82) is 0 Å². The third-order valence-electron chi connectivity index (χ3n) is 5.47. The van der Waals surface area contributed by atoms with Gasteiger partial charge in [-0.2, -0.15) is 0 Å². The van der Waals surface area contributed by atoms with Crippen LogP contribution < -0.4 is 5.32 Å². The van der Waals surface area contributed by atoms with Gasteiger partial charge in [-0.3, -0.25) is 25.5 Å². The minimum atomic E-state index is -1.29. The van der Waals surface area contributed by atoms with Gasteiger partial charge in [0.2, 0.25) is 12.1 Å². The lowest BCUT2D eigenvalue weighted by molar-refractivity contribution is -0.605. The van der Waals surface area contributed by atoms with Crippen LogP contribution in [-0.4, -0.2) is 32.1 Å². The molecule has 28 heavy (non-hydrogen) atoms. The summed E-state index contributed by atoms with van der Waals surface area (Å²) in [4.78, 5) is 22.9. The van der Waals surface area contributed by atoms with Crippen LogP contribution in [0.1, 0.15) is 37.1 Å². The van der Waals surface area contributed by atoms with Crippen LogP contribution in [0.25, 0.3) is 0 Å². The first-order chi connectivity index (χ1) is 13.1. The van der Waals surface area contributed by atoms with Gasteiger partial charge in [-0.05, 0) is 49.2 Å². The lowest BCUT2D eigenvalue weighted by atomic mass is 9.66. The molecule has 1 aliphatic heterocycles. The number of nitro groups is 2. The van der Waals surface area contributed by atoms with E-state index in [1.807, 2.05) is 0 Å². The van der Waals surface area contributed by atoms with Crippen molar-refractivity contribution in [2.75, 3.05) is 0 Å². The average molecular weight is 387 g/mol. The van der Waals surface area contributed by atoms with Crippen LogP contribution in [0.4, 0.5) is 0 Å². The highest BCUT2D eigenvalue weighted by molar-refractivity contribution is 5.33. The van der Waals surface area contributed by atoms with E-state index in [2.05, 4.69) is 5.32 Å². The largest absolute Gasteiger partial charge is 0.508 e. The number of phenolic OH excluding ortho intramolecular Hbond substituents is 2. The predicted molar refractivity (Wildman–Crippen MR) is 100 cm³/mol. The van der Waals surface area contributed by atoms with Gasteiger partial charge in [-0.25, -0.2) is 0 Å². The van der Waals surface area contributed by atoms with Crippen LogP contribution in [-0.2, 0) is 0 Å². The summed E-state index contributed by atoms with van der Waals surface area (Å²) >= 11 is 0. The van der Waals surface area contributed by atoms with E-state index < -0.39 is 39.4 Å². The summed E-state index contributed by atoms with van der Waals surface area (Å²) in [5, 5.41) is 46.0. The van der Waals surface area contributed by atoms with Gasteiger partial charge < -0.3 is 10.2 Å². The second kappa shape index (κ2) is 7.08. The Kier molecular flexibility index (Phi) is 4.95. The molecule has 9 heteroatoms. The second-order valence-corrected chi connectivity index (χ2v) is 7.59. The monoisotopic (exact) mass is 387 g/mol.